The monoisotopic (exact) mass is 286 g/mol. The third-order valence-corrected chi connectivity index (χ3v) is 5.10. The van der Waals surface area contributed by atoms with Crippen molar-refractivity contribution in [1.82, 2.24) is 10.3 Å². The summed E-state index contributed by atoms with van der Waals surface area (Å²) in [6.07, 6.45) is 1.10. The van der Waals surface area contributed by atoms with E-state index in [1.165, 1.54) is 21.3 Å². The molecule has 1 N–H and O–H groups in total. The van der Waals surface area contributed by atoms with Crippen molar-refractivity contribution >= 4 is 23.1 Å². The van der Waals surface area contributed by atoms with Crippen LogP contribution < -0.4 is 5.32 Å². The van der Waals surface area contributed by atoms with Crippen LogP contribution in [-0.4, -0.2) is 17.8 Å². The van der Waals surface area contributed by atoms with Crippen molar-refractivity contribution in [2.45, 2.75) is 46.4 Å². The van der Waals surface area contributed by atoms with Gasteiger partial charge in [0.2, 0.25) is 0 Å². The average Bonchev–Trinajstić information content (AvgIpc) is 2.60. The van der Waals surface area contributed by atoms with E-state index in [-0.39, 0.29) is 0 Å². The fraction of sp³-hybridized carbons (Fsp3) is 0.786. The molecule has 0 spiro atoms. The summed E-state index contributed by atoms with van der Waals surface area (Å²) in [6.45, 7) is 10.0. The minimum atomic E-state index is 0.680. The molecule has 4 heteroatoms. The van der Waals surface area contributed by atoms with Crippen LogP contribution in [0.5, 0.6) is 0 Å². The quantitative estimate of drug-likeness (QED) is 0.783. The average molecular weight is 287 g/mol. The van der Waals surface area contributed by atoms with E-state index in [2.05, 4.69) is 33.0 Å². The minimum absolute atomic E-state index is 0.680. The third-order valence-electron chi connectivity index (χ3n) is 2.44. The minimum Gasteiger partial charge on any atom is -0.315 e. The number of hydrogen-bond donors (Lipinski definition) is 1. The highest BCUT2D eigenvalue weighted by Crippen LogP contribution is 2.25. The van der Waals surface area contributed by atoms with Crippen LogP contribution in [-0.2, 0) is 18.7 Å². The zero-order valence-corrected chi connectivity index (χ0v) is 13.9. The molecule has 2 nitrogen and oxygen atoms in total. The summed E-state index contributed by atoms with van der Waals surface area (Å²) in [5.74, 6) is 3.73. The topological polar surface area (TPSA) is 24.9 Å². The fourth-order valence-electron chi connectivity index (χ4n) is 1.73. The molecule has 0 amide bonds. The van der Waals surface area contributed by atoms with Gasteiger partial charge in [-0.25, -0.2) is 4.98 Å². The summed E-state index contributed by atoms with van der Waals surface area (Å²) in [5, 5.41) is 4.54. The smallest absolute Gasteiger partial charge is 0.103 e. The normalized spacial score (nSPS) is 11.7. The van der Waals surface area contributed by atoms with Gasteiger partial charge < -0.3 is 5.32 Å². The highest BCUT2D eigenvalue weighted by atomic mass is 32.2. The molecule has 1 rings (SSSR count). The predicted octanol–water partition coefficient (Wildman–Crippen LogP) is 3.95. The molecule has 104 valence electrons. The first-order chi connectivity index (χ1) is 8.52. The molecular formula is C14H26N2S2. The lowest BCUT2D eigenvalue weighted by Crippen LogP contribution is -2.07. The van der Waals surface area contributed by atoms with E-state index in [0.29, 0.717) is 5.92 Å². The van der Waals surface area contributed by atoms with Crippen molar-refractivity contribution in [2.75, 3.05) is 12.8 Å². The molecule has 0 aliphatic heterocycles. The number of hydrogen-bond acceptors (Lipinski definition) is 4. The molecule has 0 atom stereocenters. The SMILES string of the molecule is CNCc1sc(CSCC(C)C)nc1CC(C)C. The summed E-state index contributed by atoms with van der Waals surface area (Å²) in [5.41, 5.74) is 1.31. The second kappa shape index (κ2) is 8.18. The Labute approximate surface area is 120 Å². The van der Waals surface area contributed by atoms with Gasteiger partial charge in [0.25, 0.3) is 0 Å². The van der Waals surface area contributed by atoms with Crippen molar-refractivity contribution in [2.24, 2.45) is 11.8 Å². The summed E-state index contributed by atoms with van der Waals surface area (Å²) in [6, 6.07) is 0. The van der Waals surface area contributed by atoms with E-state index in [0.717, 1.165) is 24.6 Å². The molecular weight excluding hydrogens is 260 g/mol. The molecule has 0 saturated carbocycles. The van der Waals surface area contributed by atoms with Gasteiger partial charge in [0.1, 0.15) is 5.01 Å². The molecule has 0 aliphatic rings. The molecule has 1 heterocycles. The standard InChI is InChI=1S/C14H26N2S2/c1-10(2)6-12-13(7-15-5)18-14(16-12)9-17-8-11(3)4/h10-11,15H,6-9H2,1-5H3. The summed E-state index contributed by atoms with van der Waals surface area (Å²) >= 11 is 3.88. The Balaban J connectivity index is 2.62. The maximum absolute atomic E-state index is 4.82. The second-order valence-electron chi connectivity index (χ2n) is 5.51. The number of rotatable bonds is 8. The van der Waals surface area contributed by atoms with Gasteiger partial charge in [-0.2, -0.15) is 11.8 Å². The van der Waals surface area contributed by atoms with Crippen LogP contribution in [0.25, 0.3) is 0 Å². The highest BCUT2D eigenvalue weighted by Gasteiger charge is 2.12. The molecule has 0 fully saturated rings. The first-order valence-electron chi connectivity index (χ1n) is 6.72. The van der Waals surface area contributed by atoms with E-state index in [1.807, 2.05) is 30.1 Å². The fourth-order valence-corrected chi connectivity index (χ4v) is 3.94. The number of thioether (sulfide) groups is 1. The van der Waals surface area contributed by atoms with Crippen molar-refractivity contribution in [3.8, 4) is 0 Å². The summed E-state index contributed by atoms with van der Waals surface area (Å²) < 4.78 is 0. The van der Waals surface area contributed by atoms with Crippen molar-refractivity contribution in [3.05, 3.63) is 15.6 Å². The number of thiazole rings is 1. The molecule has 0 unspecified atom stereocenters. The molecule has 1 aromatic heterocycles. The van der Waals surface area contributed by atoms with E-state index >= 15 is 0 Å². The van der Waals surface area contributed by atoms with E-state index in [9.17, 15) is 0 Å². The molecule has 0 saturated heterocycles. The largest absolute Gasteiger partial charge is 0.315 e. The first-order valence-corrected chi connectivity index (χ1v) is 8.69. The zero-order valence-electron chi connectivity index (χ0n) is 12.2. The van der Waals surface area contributed by atoms with Crippen LogP contribution in [0, 0.1) is 11.8 Å². The van der Waals surface area contributed by atoms with Gasteiger partial charge in [-0.3, -0.25) is 0 Å². The van der Waals surface area contributed by atoms with E-state index < -0.39 is 0 Å². The molecule has 0 bridgehead atoms. The Morgan fingerprint density at radius 2 is 1.94 bits per heavy atom. The molecule has 0 aliphatic carbocycles. The van der Waals surface area contributed by atoms with E-state index in [1.54, 1.807) is 0 Å². The maximum atomic E-state index is 4.82. The summed E-state index contributed by atoms with van der Waals surface area (Å²) in [7, 11) is 2.01. The Kier molecular flexibility index (Phi) is 7.27. The number of aromatic nitrogens is 1. The Bertz CT molecular complexity index is 346. The van der Waals surface area contributed by atoms with Crippen LogP contribution in [0.3, 0.4) is 0 Å². The molecule has 1 aromatic rings. The second-order valence-corrected chi connectivity index (χ2v) is 7.71. The lowest BCUT2D eigenvalue weighted by Gasteiger charge is -2.04. The van der Waals surface area contributed by atoms with Crippen molar-refractivity contribution in [3.63, 3.8) is 0 Å². The van der Waals surface area contributed by atoms with Crippen molar-refractivity contribution in [1.29, 1.82) is 0 Å². The summed E-state index contributed by atoms with van der Waals surface area (Å²) in [4.78, 5) is 6.25. The van der Waals surface area contributed by atoms with Gasteiger partial charge in [0, 0.05) is 17.2 Å². The first kappa shape index (κ1) is 16.0. The molecule has 0 aromatic carbocycles. The van der Waals surface area contributed by atoms with Crippen LogP contribution >= 0.6 is 23.1 Å². The Hall–Kier alpha value is -0.0600. The van der Waals surface area contributed by atoms with Crippen LogP contribution in [0.15, 0.2) is 0 Å². The van der Waals surface area contributed by atoms with Gasteiger partial charge >= 0.3 is 0 Å². The number of nitrogens with zero attached hydrogens (tertiary/aromatic N) is 1. The van der Waals surface area contributed by atoms with Gasteiger partial charge in [0.05, 0.1) is 5.69 Å². The van der Waals surface area contributed by atoms with Crippen LogP contribution in [0.1, 0.15) is 43.3 Å². The predicted molar refractivity (Wildman–Crippen MR) is 84.4 cm³/mol. The van der Waals surface area contributed by atoms with Crippen molar-refractivity contribution < 1.29 is 0 Å². The Morgan fingerprint density at radius 3 is 2.50 bits per heavy atom. The van der Waals surface area contributed by atoms with Crippen LogP contribution in [0.2, 0.25) is 0 Å². The highest BCUT2D eigenvalue weighted by molar-refractivity contribution is 7.98. The van der Waals surface area contributed by atoms with Gasteiger partial charge in [-0.15, -0.1) is 11.3 Å². The third kappa shape index (κ3) is 5.72. The number of nitrogens with one attached hydrogen (secondary N) is 1. The lowest BCUT2D eigenvalue weighted by atomic mass is 10.1. The molecule has 18 heavy (non-hydrogen) atoms. The van der Waals surface area contributed by atoms with Crippen LogP contribution in [0.4, 0.5) is 0 Å². The lowest BCUT2D eigenvalue weighted by molar-refractivity contribution is 0.630. The van der Waals surface area contributed by atoms with Gasteiger partial charge in [0.15, 0.2) is 0 Å². The van der Waals surface area contributed by atoms with Gasteiger partial charge in [-0.1, -0.05) is 27.7 Å². The van der Waals surface area contributed by atoms with E-state index in [4.69, 9.17) is 4.98 Å². The Morgan fingerprint density at radius 1 is 1.22 bits per heavy atom. The molecule has 0 radical (unpaired) electrons. The maximum Gasteiger partial charge on any atom is 0.103 e. The zero-order chi connectivity index (χ0) is 13.5. The van der Waals surface area contributed by atoms with Gasteiger partial charge in [-0.05, 0) is 31.1 Å².